The first-order valence-corrected chi connectivity index (χ1v) is 11.3. The molecule has 0 unspecified atom stereocenters. The summed E-state index contributed by atoms with van der Waals surface area (Å²) in [5.41, 5.74) is 8.38. The van der Waals surface area contributed by atoms with Crippen molar-refractivity contribution in [2.24, 2.45) is 0 Å². The fourth-order valence-electron chi connectivity index (χ4n) is 4.88. The first-order valence-electron chi connectivity index (χ1n) is 11.4. The van der Waals surface area contributed by atoms with E-state index >= 15 is 0 Å². The topological polar surface area (TPSA) is 132 Å². The number of hydrogen-bond acceptors (Lipinski definition) is 7. The molecule has 1 amide bonds. The van der Waals surface area contributed by atoms with Gasteiger partial charge in [-0.05, 0) is 65.6 Å². The molecule has 5 heterocycles. The number of carbonyl (C=O) groups is 1. The highest BCUT2D eigenvalue weighted by atomic mass is 35.5. The number of nitrogens with one attached hydrogen (secondary N) is 1. The molecule has 0 spiro atoms. The van der Waals surface area contributed by atoms with Crippen molar-refractivity contribution in [3.05, 3.63) is 71.3 Å². The number of nitrogens with two attached hydrogens (primary N) is 1. The fourth-order valence-corrected chi connectivity index (χ4v) is 5.05. The molecule has 4 aromatic rings. The summed E-state index contributed by atoms with van der Waals surface area (Å²) in [6, 6.07) is 6.30. The van der Waals surface area contributed by atoms with E-state index in [2.05, 4.69) is 30.5 Å². The fraction of sp³-hybridized carbons (Fsp3) is 0.217. The van der Waals surface area contributed by atoms with Crippen molar-refractivity contribution < 1.29 is 10.6 Å². The molecule has 12 heteroatoms. The predicted octanol–water partition coefficient (Wildman–Crippen LogP) is 3.34. The Kier molecular flexibility index (Phi) is 4.79. The SMILES string of the molecule is [2H]c1cc(-c2cnc([C@@H]3CC[C@@H]4CC(c5cc(Cl)ccc5-n5cnnn5)=CC(=O)N43)[nH]2)c(F)nc1N. The number of H-pyrrole nitrogens is 1. The van der Waals surface area contributed by atoms with Crippen LogP contribution in [0.1, 0.15) is 38.1 Å². The van der Waals surface area contributed by atoms with Crippen LogP contribution in [0.2, 0.25) is 5.02 Å². The molecule has 0 bridgehead atoms. The third-order valence-electron chi connectivity index (χ3n) is 6.42. The van der Waals surface area contributed by atoms with Gasteiger partial charge in [-0.2, -0.15) is 9.07 Å². The number of amides is 1. The standard InChI is InChI=1S/C23H19ClFN9O/c24-13-1-4-18(33-11-28-31-32-33)16(9-13)12-7-14-2-5-19(34(14)21(35)8-12)23-27-10-17(29-23)15-3-6-20(26)30-22(15)25/h1,3-4,6,8-11,14,19H,2,5,7H2,(H2,26,30)(H,27,29)/t14-,19+/m1/s1/i6D. The highest BCUT2D eigenvalue weighted by Gasteiger charge is 2.41. The van der Waals surface area contributed by atoms with Crippen LogP contribution in [-0.2, 0) is 4.79 Å². The van der Waals surface area contributed by atoms with Crippen LogP contribution in [0.4, 0.5) is 10.2 Å². The molecule has 2 aliphatic rings. The number of tetrazole rings is 1. The van der Waals surface area contributed by atoms with Crippen LogP contribution in [0.25, 0.3) is 22.5 Å². The van der Waals surface area contributed by atoms with Gasteiger partial charge in [-0.25, -0.2) is 9.97 Å². The smallest absolute Gasteiger partial charge is 0.247 e. The van der Waals surface area contributed by atoms with E-state index < -0.39 is 5.95 Å². The van der Waals surface area contributed by atoms with Crippen LogP contribution in [0, 0.1) is 5.95 Å². The number of halogens is 2. The average molecular weight is 493 g/mol. The number of rotatable bonds is 4. The lowest BCUT2D eigenvalue weighted by atomic mass is 9.92. The van der Waals surface area contributed by atoms with Gasteiger partial charge in [0.1, 0.15) is 18.0 Å². The summed E-state index contributed by atoms with van der Waals surface area (Å²) in [7, 11) is 0. The molecule has 1 aromatic carbocycles. The van der Waals surface area contributed by atoms with Gasteiger partial charge >= 0.3 is 0 Å². The number of fused-ring (bicyclic) bond motifs is 1. The number of aromatic nitrogens is 7. The number of aromatic amines is 1. The highest BCUT2D eigenvalue weighted by Crippen LogP contribution is 2.43. The van der Waals surface area contributed by atoms with Crippen molar-refractivity contribution in [3.63, 3.8) is 0 Å². The van der Waals surface area contributed by atoms with Crippen molar-refractivity contribution >= 4 is 28.9 Å². The van der Waals surface area contributed by atoms with Crippen LogP contribution >= 0.6 is 11.6 Å². The van der Waals surface area contributed by atoms with Gasteiger partial charge in [0, 0.05) is 22.7 Å². The van der Waals surface area contributed by atoms with Crippen LogP contribution in [-0.4, -0.2) is 52.0 Å². The Labute approximate surface area is 205 Å². The zero-order valence-electron chi connectivity index (χ0n) is 19.2. The summed E-state index contributed by atoms with van der Waals surface area (Å²) in [6.45, 7) is 0. The third-order valence-corrected chi connectivity index (χ3v) is 6.65. The summed E-state index contributed by atoms with van der Waals surface area (Å²) in [5.74, 6) is -0.556. The van der Waals surface area contributed by atoms with E-state index in [0.29, 0.717) is 29.4 Å². The van der Waals surface area contributed by atoms with E-state index in [4.69, 9.17) is 18.7 Å². The van der Waals surface area contributed by atoms with E-state index in [-0.39, 0.29) is 35.4 Å². The number of nitrogen functional groups attached to an aromatic ring is 1. The maximum atomic E-state index is 14.4. The molecule has 1 fully saturated rings. The number of nitrogens with zero attached hydrogens (tertiary/aromatic N) is 7. The van der Waals surface area contributed by atoms with Crippen LogP contribution in [0.3, 0.4) is 0 Å². The third kappa shape index (κ3) is 3.73. The van der Waals surface area contributed by atoms with Gasteiger partial charge < -0.3 is 15.6 Å². The zero-order valence-corrected chi connectivity index (χ0v) is 18.9. The zero-order chi connectivity index (χ0) is 25.0. The summed E-state index contributed by atoms with van der Waals surface area (Å²) < 4.78 is 23.7. The number of anilines is 1. The van der Waals surface area contributed by atoms with Gasteiger partial charge in [-0.1, -0.05) is 11.6 Å². The molecule has 0 saturated carbocycles. The van der Waals surface area contributed by atoms with Crippen molar-refractivity contribution in [2.45, 2.75) is 31.3 Å². The first kappa shape index (κ1) is 20.3. The molecule has 176 valence electrons. The second-order valence-corrected chi connectivity index (χ2v) is 8.89. The molecule has 3 aromatic heterocycles. The molecule has 0 radical (unpaired) electrons. The second-order valence-electron chi connectivity index (χ2n) is 8.45. The van der Waals surface area contributed by atoms with Gasteiger partial charge in [0.25, 0.3) is 0 Å². The Morgan fingerprint density at radius 2 is 2.14 bits per heavy atom. The average Bonchev–Trinajstić information content (AvgIpc) is 3.62. The molecule has 0 aliphatic carbocycles. The minimum atomic E-state index is -0.787. The van der Waals surface area contributed by atoms with Gasteiger partial charge in [-0.15, -0.1) is 5.10 Å². The van der Waals surface area contributed by atoms with Crippen molar-refractivity contribution in [1.29, 1.82) is 0 Å². The molecule has 2 aliphatic heterocycles. The summed E-state index contributed by atoms with van der Waals surface area (Å²) in [4.78, 5) is 26.3. The number of pyridine rings is 1. The normalized spacial score (nSPS) is 20.1. The molecule has 1 saturated heterocycles. The summed E-state index contributed by atoms with van der Waals surface area (Å²) >= 11 is 6.28. The Bertz CT molecular complexity index is 1520. The molecule has 3 N–H and O–H groups in total. The van der Waals surface area contributed by atoms with Crippen LogP contribution < -0.4 is 5.73 Å². The van der Waals surface area contributed by atoms with Gasteiger partial charge in [-0.3, -0.25) is 4.79 Å². The van der Waals surface area contributed by atoms with Crippen molar-refractivity contribution in [3.8, 4) is 16.9 Å². The molecular formula is C23H19ClFN9O. The molecule has 2 atom stereocenters. The predicted molar refractivity (Wildman–Crippen MR) is 126 cm³/mol. The largest absolute Gasteiger partial charge is 0.384 e. The number of benzene rings is 1. The highest BCUT2D eigenvalue weighted by molar-refractivity contribution is 6.30. The van der Waals surface area contributed by atoms with E-state index in [1.165, 1.54) is 18.6 Å². The quantitative estimate of drug-likeness (QED) is 0.417. The summed E-state index contributed by atoms with van der Waals surface area (Å²) in [5, 5.41) is 11.9. The molecule has 10 nitrogen and oxygen atoms in total. The van der Waals surface area contributed by atoms with Gasteiger partial charge in [0.15, 0.2) is 0 Å². The Morgan fingerprint density at radius 3 is 2.97 bits per heavy atom. The Hall–Kier alpha value is -4.12. The Morgan fingerprint density at radius 1 is 1.26 bits per heavy atom. The number of hydrogen-bond donors (Lipinski definition) is 2. The van der Waals surface area contributed by atoms with Crippen LogP contribution in [0.5, 0.6) is 0 Å². The monoisotopic (exact) mass is 492 g/mol. The van der Waals surface area contributed by atoms with E-state index in [9.17, 15) is 9.18 Å². The van der Waals surface area contributed by atoms with Gasteiger partial charge in [0.05, 0.1) is 30.6 Å². The van der Waals surface area contributed by atoms with Crippen molar-refractivity contribution in [2.75, 3.05) is 5.73 Å². The minimum absolute atomic E-state index is 0.0356. The lowest BCUT2D eigenvalue weighted by Gasteiger charge is -2.33. The van der Waals surface area contributed by atoms with E-state index in [0.717, 1.165) is 23.2 Å². The van der Waals surface area contributed by atoms with Crippen LogP contribution in [0.15, 0.2) is 48.9 Å². The second kappa shape index (κ2) is 8.27. The maximum Gasteiger partial charge on any atom is 0.247 e. The number of imidazole rings is 1. The lowest BCUT2D eigenvalue weighted by molar-refractivity contribution is -0.129. The number of carbonyl (C=O) groups excluding carboxylic acids is 1. The molecule has 35 heavy (non-hydrogen) atoms. The van der Waals surface area contributed by atoms with E-state index in [1.54, 1.807) is 16.8 Å². The summed E-state index contributed by atoms with van der Waals surface area (Å²) in [6.07, 6.45) is 6.70. The molecule has 6 rings (SSSR count). The lowest BCUT2D eigenvalue weighted by Crippen LogP contribution is -2.39. The first-order chi connectivity index (χ1) is 17.4. The van der Waals surface area contributed by atoms with E-state index in [1.807, 2.05) is 17.0 Å². The van der Waals surface area contributed by atoms with Crippen molar-refractivity contribution in [1.82, 2.24) is 40.1 Å². The Balaban J connectivity index is 1.31. The minimum Gasteiger partial charge on any atom is -0.384 e. The van der Waals surface area contributed by atoms with Gasteiger partial charge in [0.2, 0.25) is 11.9 Å². The molecular weight excluding hydrogens is 473 g/mol. The maximum absolute atomic E-state index is 14.4.